The fraction of sp³-hybridized carbons (Fsp3) is 0. The van der Waals surface area contributed by atoms with Gasteiger partial charge in [-0.2, -0.15) is 0 Å². The van der Waals surface area contributed by atoms with Crippen LogP contribution < -0.4 is 4.90 Å². The number of benzene rings is 8. The Labute approximate surface area is 287 Å². The van der Waals surface area contributed by atoms with E-state index in [2.05, 4.69) is 181 Å². The van der Waals surface area contributed by atoms with E-state index in [-0.39, 0.29) is 0 Å². The first-order chi connectivity index (χ1) is 24.3. The van der Waals surface area contributed by atoms with E-state index < -0.39 is 0 Å². The lowest BCUT2D eigenvalue weighted by atomic mass is 9.95. The topological polar surface area (TPSA) is 16.4 Å². The predicted molar refractivity (Wildman–Crippen MR) is 210 cm³/mol. The molecule has 10 aromatic rings. The molecule has 0 spiro atoms. The molecule has 10 rings (SSSR count). The van der Waals surface area contributed by atoms with E-state index in [4.69, 9.17) is 4.42 Å². The van der Waals surface area contributed by atoms with Gasteiger partial charge in [0.1, 0.15) is 11.2 Å². The molecular formula is C46H29NOS. The Hall–Kier alpha value is -6.16. The van der Waals surface area contributed by atoms with Gasteiger partial charge in [-0.05, 0) is 59.0 Å². The molecule has 0 bridgehead atoms. The van der Waals surface area contributed by atoms with E-state index in [0.29, 0.717) is 0 Å². The summed E-state index contributed by atoms with van der Waals surface area (Å²) < 4.78 is 9.21. The number of hydrogen-bond acceptors (Lipinski definition) is 3. The van der Waals surface area contributed by atoms with Crippen LogP contribution in [0.1, 0.15) is 0 Å². The van der Waals surface area contributed by atoms with Crippen molar-refractivity contribution in [1.82, 2.24) is 0 Å². The van der Waals surface area contributed by atoms with Crippen LogP contribution in [-0.2, 0) is 0 Å². The van der Waals surface area contributed by atoms with Crippen molar-refractivity contribution in [2.75, 3.05) is 4.90 Å². The van der Waals surface area contributed by atoms with Crippen LogP contribution in [0, 0.1) is 0 Å². The van der Waals surface area contributed by atoms with Crippen LogP contribution in [0.4, 0.5) is 17.1 Å². The van der Waals surface area contributed by atoms with Gasteiger partial charge in [-0.15, -0.1) is 11.3 Å². The van der Waals surface area contributed by atoms with Crippen molar-refractivity contribution >= 4 is 81.3 Å². The first kappa shape index (κ1) is 27.9. The summed E-state index contributed by atoms with van der Waals surface area (Å²) in [5, 5.41) is 7.16. The second-order valence-corrected chi connectivity index (χ2v) is 13.5. The highest BCUT2D eigenvalue weighted by molar-refractivity contribution is 7.25. The average molecular weight is 644 g/mol. The van der Waals surface area contributed by atoms with Crippen LogP contribution in [0.3, 0.4) is 0 Å². The third kappa shape index (κ3) is 4.47. The lowest BCUT2D eigenvalue weighted by Crippen LogP contribution is -2.12. The van der Waals surface area contributed by atoms with Crippen LogP contribution in [0.25, 0.3) is 75.1 Å². The second-order valence-electron chi connectivity index (χ2n) is 12.5. The van der Waals surface area contributed by atoms with Gasteiger partial charge in [0.15, 0.2) is 0 Å². The maximum Gasteiger partial charge on any atom is 0.143 e. The summed E-state index contributed by atoms with van der Waals surface area (Å²) in [4.78, 5) is 2.44. The summed E-state index contributed by atoms with van der Waals surface area (Å²) in [6.07, 6.45) is 0. The number of furan rings is 1. The van der Waals surface area contributed by atoms with Gasteiger partial charge in [0.2, 0.25) is 0 Å². The van der Waals surface area contributed by atoms with Gasteiger partial charge in [-0.3, -0.25) is 0 Å². The highest BCUT2D eigenvalue weighted by atomic mass is 32.1. The highest BCUT2D eigenvalue weighted by Gasteiger charge is 2.23. The van der Waals surface area contributed by atoms with E-state index in [1.807, 2.05) is 11.3 Å². The number of thiophene rings is 1. The van der Waals surface area contributed by atoms with Crippen LogP contribution in [0.15, 0.2) is 180 Å². The van der Waals surface area contributed by atoms with Gasteiger partial charge in [0.05, 0.1) is 11.4 Å². The summed E-state index contributed by atoms with van der Waals surface area (Å²) in [5.41, 5.74) is 9.80. The minimum absolute atomic E-state index is 0.890. The fourth-order valence-corrected chi connectivity index (χ4v) is 8.61. The van der Waals surface area contributed by atoms with Gasteiger partial charge in [-0.1, -0.05) is 133 Å². The zero-order valence-electron chi connectivity index (χ0n) is 26.5. The maximum atomic E-state index is 6.64. The Kier molecular flexibility index (Phi) is 6.39. The van der Waals surface area contributed by atoms with Crippen LogP contribution in [-0.4, -0.2) is 0 Å². The lowest BCUT2D eigenvalue weighted by molar-refractivity contribution is 0.673. The summed E-state index contributed by atoms with van der Waals surface area (Å²) in [7, 11) is 0. The minimum atomic E-state index is 0.890. The van der Waals surface area contributed by atoms with Crippen molar-refractivity contribution in [2.45, 2.75) is 0 Å². The smallest absolute Gasteiger partial charge is 0.143 e. The van der Waals surface area contributed by atoms with Gasteiger partial charge < -0.3 is 9.32 Å². The van der Waals surface area contributed by atoms with Crippen molar-refractivity contribution in [1.29, 1.82) is 0 Å². The molecule has 0 radical (unpaired) electrons. The van der Waals surface area contributed by atoms with Crippen LogP contribution >= 0.6 is 11.3 Å². The molecule has 0 unspecified atom stereocenters. The Morgan fingerprint density at radius 3 is 1.96 bits per heavy atom. The van der Waals surface area contributed by atoms with E-state index in [1.165, 1.54) is 36.7 Å². The van der Waals surface area contributed by atoms with Gasteiger partial charge in [0.25, 0.3) is 0 Å². The Bertz CT molecular complexity index is 2840. The zero-order chi connectivity index (χ0) is 32.3. The molecule has 3 heteroatoms. The van der Waals surface area contributed by atoms with Gasteiger partial charge in [0, 0.05) is 53.1 Å². The van der Waals surface area contributed by atoms with Gasteiger partial charge in [-0.25, -0.2) is 0 Å². The van der Waals surface area contributed by atoms with Crippen molar-refractivity contribution < 1.29 is 4.42 Å². The molecule has 8 aromatic carbocycles. The van der Waals surface area contributed by atoms with E-state index in [9.17, 15) is 0 Å². The second kappa shape index (κ2) is 11.2. The Morgan fingerprint density at radius 2 is 1.08 bits per heavy atom. The molecule has 0 aliphatic heterocycles. The molecule has 0 atom stereocenters. The number of nitrogens with zero attached hydrogens (tertiary/aromatic N) is 1. The molecular weight excluding hydrogens is 615 g/mol. The molecule has 0 amide bonds. The Morgan fingerprint density at radius 1 is 0.429 bits per heavy atom. The van der Waals surface area contributed by atoms with Crippen molar-refractivity contribution in [3.05, 3.63) is 176 Å². The molecule has 0 N–H and O–H groups in total. The molecule has 2 heterocycles. The van der Waals surface area contributed by atoms with Crippen molar-refractivity contribution in [3.63, 3.8) is 0 Å². The monoisotopic (exact) mass is 643 g/mol. The van der Waals surface area contributed by atoms with Gasteiger partial charge >= 0.3 is 0 Å². The summed E-state index contributed by atoms with van der Waals surface area (Å²) in [6, 6.07) is 63.2. The molecule has 0 saturated heterocycles. The SMILES string of the molecule is c1ccc(-c2ccccc2N(c2ccc3c(c2)sc2ccccc23)c2ccccc2-c2cccc3oc4c5ccccc5ccc4c23)cc1. The van der Waals surface area contributed by atoms with Crippen LogP contribution in [0.2, 0.25) is 0 Å². The van der Waals surface area contributed by atoms with E-state index in [1.54, 1.807) is 0 Å². The number of rotatable bonds is 5. The summed E-state index contributed by atoms with van der Waals surface area (Å²) in [6.45, 7) is 0. The van der Waals surface area contributed by atoms with E-state index >= 15 is 0 Å². The third-order valence-corrected chi connectivity index (χ3v) is 10.8. The van der Waals surface area contributed by atoms with Crippen molar-refractivity contribution in [3.8, 4) is 22.3 Å². The zero-order valence-corrected chi connectivity index (χ0v) is 27.3. The van der Waals surface area contributed by atoms with Crippen molar-refractivity contribution in [2.24, 2.45) is 0 Å². The largest absolute Gasteiger partial charge is 0.455 e. The quantitative estimate of drug-likeness (QED) is 0.186. The van der Waals surface area contributed by atoms with Crippen LogP contribution in [0.5, 0.6) is 0 Å². The number of fused-ring (bicyclic) bond motifs is 8. The number of anilines is 3. The molecule has 2 aromatic heterocycles. The maximum absolute atomic E-state index is 6.64. The summed E-state index contributed by atoms with van der Waals surface area (Å²) in [5.74, 6) is 0. The molecule has 0 aliphatic carbocycles. The predicted octanol–water partition coefficient (Wildman–Crippen LogP) is 13.9. The average Bonchev–Trinajstić information content (AvgIpc) is 3.74. The number of para-hydroxylation sites is 2. The van der Waals surface area contributed by atoms with E-state index in [0.717, 1.165) is 55.5 Å². The molecule has 49 heavy (non-hydrogen) atoms. The third-order valence-electron chi connectivity index (χ3n) is 9.67. The Balaban J connectivity index is 1.26. The molecule has 230 valence electrons. The normalized spacial score (nSPS) is 11.7. The standard InChI is InChI=1S/C46H29NOS/c1-2-13-30(14-3-1)33-16-6-9-21-40(33)47(32-26-28-37-36-19-8-11-24-43(36)49-44(37)29-32)41-22-10-7-18-35(41)38-20-12-23-42-45(38)39-27-25-31-15-4-5-17-34(31)46(39)48-42/h1-29H. The molecule has 0 fully saturated rings. The lowest BCUT2D eigenvalue weighted by Gasteiger charge is -2.30. The number of hydrogen-bond donors (Lipinski definition) is 0. The molecule has 2 nitrogen and oxygen atoms in total. The summed E-state index contributed by atoms with van der Waals surface area (Å²) >= 11 is 1.85. The highest BCUT2D eigenvalue weighted by Crippen LogP contribution is 2.48. The molecule has 0 saturated carbocycles. The first-order valence-corrected chi connectivity index (χ1v) is 17.4. The minimum Gasteiger partial charge on any atom is -0.455 e. The fourth-order valence-electron chi connectivity index (χ4n) is 7.47. The molecule has 0 aliphatic rings. The first-order valence-electron chi connectivity index (χ1n) is 16.6.